The van der Waals surface area contributed by atoms with Crippen LogP contribution in [0, 0.1) is 0 Å². The monoisotopic (exact) mass is 591 g/mol. The summed E-state index contributed by atoms with van der Waals surface area (Å²) in [5.74, 6) is -0.164. The van der Waals surface area contributed by atoms with E-state index in [1.54, 1.807) is 0 Å². The van der Waals surface area contributed by atoms with Crippen molar-refractivity contribution in [2.45, 2.75) is 142 Å². The van der Waals surface area contributed by atoms with Crippen molar-refractivity contribution in [1.29, 1.82) is 0 Å². The molecule has 238 valence electrons. The summed E-state index contributed by atoms with van der Waals surface area (Å²) in [4.78, 5) is 22.7. The molecule has 0 spiro atoms. The zero-order valence-corrected chi connectivity index (χ0v) is 27.5. The lowest BCUT2D eigenvalue weighted by Gasteiger charge is -2.26. The number of likely N-dealkylation sites (N-methyl/N-ethyl adjacent to an activating group) is 1. The molecule has 9 heteroatoms. The number of unbranched alkanes of at least 4 members (excludes halogenated alkanes) is 13. The van der Waals surface area contributed by atoms with Gasteiger partial charge in [-0.2, -0.15) is 0 Å². The molecule has 0 saturated carbocycles. The Morgan fingerprint density at radius 3 is 1.95 bits per heavy atom. The van der Waals surface area contributed by atoms with Gasteiger partial charge in [0.1, 0.15) is 13.2 Å². The van der Waals surface area contributed by atoms with E-state index in [9.17, 15) is 19.4 Å². The van der Waals surface area contributed by atoms with Gasteiger partial charge < -0.3 is 19.8 Å². The average molecular weight is 592 g/mol. The normalized spacial score (nSPS) is 15.3. The molecule has 0 aromatic heterocycles. The predicted molar refractivity (Wildman–Crippen MR) is 166 cm³/mol. The van der Waals surface area contributed by atoms with E-state index in [0.717, 1.165) is 64.2 Å². The van der Waals surface area contributed by atoms with E-state index in [2.05, 4.69) is 31.3 Å². The fourth-order valence-corrected chi connectivity index (χ4v) is 5.07. The minimum Gasteiger partial charge on any atom is -0.391 e. The molecule has 0 aromatic rings. The molecule has 3 unspecified atom stereocenters. The summed E-state index contributed by atoms with van der Waals surface area (Å²) in [6.07, 6.45) is 22.6. The van der Waals surface area contributed by atoms with Crippen LogP contribution in [0.2, 0.25) is 0 Å². The van der Waals surface area contributed by atoms with Crippen molar-refractivity contribution >= 4 is 13.7 Å². The van der Waals surface area contributed by atoms with E-state index in [-0.39, 0.29) is 19.1 Å². The minimum absolute atomic E-state index is 0.0730. The summed E-state index contributed by atoms with van der Waals surface area (Å²) in [6.45, 7) is 4.74. The van der Waals surface area contributed by atoms with Gasteiger partial charge in [0.15, 0.2) is 0 Å². The molecule has 0 aliphatic heterocycles. The van der Waals surface area contributed by atoms with Gasteiger partial charge in [-0.25, -0.2) is 4.57 Å². The summed E-state index contributed by atoms with van der Waals surface area (Å²) >= 11 is 0. The van der Waals surface area contributed by atoms with Crippen LogP contribution >= 0.6 is 7.82 Å². The van der Waals surface area contributed by atoms with Crippen molar-refractivity contribution in [3.63, 3.8) is 0 Å². The molecule has 0 saturated heterocycles. The Hall–Kier alpha value is -0.760. The van der Waals surface area contributed by atoms with Crippen molar-refractivity contribution < 1.29 is 32.9 Å². The van der Waals surface area contributed by atoms with Crippen LogP contribution in [0.3, 0.4) is 0 Å². The first-order chi connectivity index (χ1) is 19.0. The zero-order chi connectivity index (χ0) is 30.1. The number of phosphoric ester groups is 1. The fraction of sp³-hybridized carbons (Fsp3) is 0.903. The lowest BCUT2D eigenvalue weighted by Crippen LogP contribution is -2.46. The molecular weight excluding hydrogens is 527 g/mol. The van der Waals surface area contributed by atoms with Crippen LogP contribution in [0.25, 0.3) is 0 Å². The molecule has 40 heavy (non-hydrogen) atoms. The molecule has 8 nitrogen and oxygen atoms in total. The van der Waals surface area contributed by atoms with Gasteiger partial charge in [-0.05, 0) is 38.5 Å². The van der Waals surface area contributed by atoms with Gasteiger partial charge in [0.25, 0.3) is 0 Å². The van der Waals surface area contributed by atoms with Crippen LogP contribution in [0.5, 0.6) is 0 Å². The number of amides is 1. The highest BCUT2D eigenvalue weighted by atomic mass is 31.2. The molecule has 3 N–H and O–H groups in total. The number of quaternary nitrogens is 1. The molecule has 0 heterocycles. The molecule has 0 rings (SSSR count). The van der Waals surface area contributed by atoms with Gasteiger partial charge in [-0.15, -0.1) is 0 Å². The number of carbonyl (C=O) groups is 1. The Morgan fingerprint density at radius 2 is 1.35 bits per heavy atom. The summed E-state index contributed by atoms with van der Waals surface area (Å²) in [6, 6.07) is -0.755. The second kappa shape index (κ2) is 24.8. The third-order valence-corrected chi connectivity index (χ3v) is 8.00. The number of hydrogen-bond donors (Lipinski definition) is 3. The third kappa shape index (κ3) is 26.2. The Labute approximate surface area is 246 Å². The second-order valence-corrected chi connectivity index (χ2v) is 13.6. The Morgan fingerprint density at radius 1 is 0.825 bits per heavy atom. The van der Waals surface area contributed by atoms with Gasteiger partial charge >= 0.3 is 7.82 Å². The highest BCUT2D eigenvalue weighted by molar-refractivity contribution is 7.47. The Balaban J connectivity index is 4.43. The molecule has 3 atom stereocenters. The predicted octanol–water partition coefficient (Wildman–Crippen LogP) is 7.29. The van der Waals surface area contributed by atoms with E-state index in [4.69, 9.17) is 9.05 Å². The summed E-state index contributed by atoms with van der Waals surface area (Å²) < 4.78 is 23.2. The van der Waals surface area contributed by atoms with Gasteiger partial charge in [-0.3, -0.25) is 13.8 Å². The summed E-state index contributed by atoms with van der Waals surface area (Å²) in [7, 11) is 1.60. The molecule has 0 aromatic carbocycles. The molecule has 0 aliphatic rings. The van der Waals surface area contributed by atoms with Crippen LogP contribution < -0.4 is 5.32 Å². The van der Waals surface area contributed by atoms with E-state index < -0.39 is 20.0 Å². The lowest BCUT2D eigenvalue weighted by molar-refractivity contribution is -0.870. The van der Waals surface area contributed by atoms with E-state index in [0.29, 0.717) is 23.9 Å². The molecule has 0 radical (unpaired) electrons. The number of nitrogens with one attached hydrogen (secondary N) is 1. The van der Waals surface area contributed by atoms with Crippen molar-refractivity contribution in [2.75, 3.05) is 40.9 Å². The number of aliphatic hydroxyl groups is 1. The van der Waals surface area contributed by atoms with E-state index in [1.807, 2.05) is 21.1 Å². The number of hydrogen-bond acceptors (Lipinski definition) is 5. The molecule has 0 bridgehead atoms. The third-order valence-electron chi connectivity index (χ3n) is 7.01. The largest absolute Gasteiger partial charge is 0.472 e. The quantitative estimate of drug-likeness (QED) is 0.0382. The van der Waals surface area contributed by atoms with Gasteiger partial charge in [0.05, 0.1) is 39.9 Å². The molecular formula is C31H64N2O6P+. The van der Waals surface area contributed by atoms with Crippen molar-refractivity contribution in [3.8, 4) is 0 Å². The minimum atomic E-state index is -4.28. The lowest BCUT2D eigenvalue weighted by atomic mass is 10.0. The average Bonchev–Trinajstić information content (AvgIpc) is 2.88. The zero-order valence-electron chi connectivity index (χ0n) is 26.6. The van der Waals surface area contributed by atoms with Crippen LogP contribution in [-0.4, -0.2) is 73.4 Å². The number of carbonyl (C=O) groups excluding carboxylic acids is 1. The summed E-state index contributed by atoms with van der Waals surface area (Å²) in [5.41, 5.74) is 0. The standard InChI is InChI=1S/C31H63N2O6P/c1-6-8-10-12-13-14-15-16-17-18-19-21-23-25-31(35)32-29(30(34)24-22-20-11-9-7-2)28-39-40(36,37)38-27-26-33(3,4)5/h14-15,29-30,34H,6-13,16-28H2,1-5H3,(H-,32,35,36,37)/p+1/b15-14-. The highest BCUT2D eigenvalue weighted by Crippen LogP contribution is 2.43. The molecule has 0 fully saturated rings. The van der Waals surface area contributed by atoms with E-state index in [1.165, 1.54) is 38.5 Å². The Bertz CT molecular complexity index is 683. The number of allylic oxidation sites excluding steroid dienone is 2. The first kappa shape index (κ1) is 39.2. The van der Waals surface area contributed by atoms with Crippen LogP contribution in [-0.2, 0) is 18.4 Å². The smallest absolute Gasteiger partial charge is 0.391 e. The SMILES string of the molecule is CCCCCC/C=C\CCCCCCCC(=O)NC(COP(=O)(O)OCC[N+](C)(C)C)C(O)CCCCCCC. The number of rotatable bonds is 28. The molecule has 0 aliphatic carbocycles. The van der Waals surface area contributed by atoms with Crippen molar-refractivity contribution in [3.05, 3.63) is 12.2 Å². The fourth-order valence-electron chi connectivity index (χ4n) is 4.33. The van der Waals surface area contributed by atoms with Gasteiger partial charge in [0, 0.05) is 6.42 Å². The van der Waals surface area contributed by atoms with Crippen molar-refractivity contribution in [2.24, 2.45) is 0 Å². The number of aliphatic hydroxyl groups excluding tert-OH is 1. The van der Waals surface area contributed by atoms with Gasteiger partial charge in [-0.1, -0.05) is 96.6 Å². The summed E-state index contributed by atoms with van der Waals surface area (Å²) in [5, 5.41) is 13.6. The number of nitrogens with zero attached hydrogens (tertiary/aromatic N) is 1. The maximum Gasteiger partial charge on any atom is 0.472 e. The first-order valence-corrected chi connectivity index (χ1v) is 17.5. The second-order valence-electron chi connectivity index (χ2n) is 12.2. The van der Waals surface area contributed by atoms with Crippen molar-refractivity contribution in [1.82, 2.24) is 5.32 Å². The highest BCUT2D eigenvalue weighted by Gasteiger charge is 2.28. The van der Waals surface area contributed by atoms with Crippen LogP contribution in [0.4, 0.5) is 0 Å². The first-order valence-electron chi connectivity index (χ1n) is 16.1. The van der Waals surface area contributed by atoms with Crippen LogP contribution in [0.1, 0.15) is 129 Å². The Kier molecular flexibility index (Phi) is 24.3. The van der Waals surface area contributed by atoms with Gasteiger partial charge in [0.2, 0.25) is 5.91 Å². The van der Waals surface area contributed by atoms with Crippen LogP contribution in [0.15, 0.2) is 12.2 Å². The number of phosphoric acid groups is 1. The maximum absolute atomic E-state index is 12.6. The molecule has 1 amide bonds. The maximum atomic E-state index is 12.6. The van der Waals surface area contributed by atoms with E-state index >= 15 is 0 Å². The topological polar surface area (TPSA) is 105 Å².